The number of hydrazine groups is 1. The summed E-state index contributed by atoms with van der Waals surface area (Å²) < 4.78 is 0. The molecule has 0 saturated heterocycles. The molecule has 0 aliphatic carbocycles. The average molecular weight is 262 g/mol. The van der Waals surface area contributed by atoms with E-state index in [-0.39, 0.29) is 0 Å². The molecule has 0 aliphatic heterocycles. The van der Waals surface area contributed by atoms with Gasteiger partial charge in [-0.25, -0.2) is 15.8 Å². The molecule has 2 aromatic rings. The van der Waals surface area contributed by atoms with Crippen LogP contribution in [0.5, 0.6) is 0 Å². The molecular weight excluding hydrogens is 244 g/mol. The van der Waals surface area contributed by atoms with Gasteiger partial charge < -0.3 is 5.43 Å². The minimum Gasteiger partial charge on any atom is -0.308 e. The standard InChI is InChI=1S/C13H18N4S/c1-7(2)10-9(4)15-13(16-12(10)17-14)11-8(3)5-6-18-11/h5-7H,14H2,1-4H3,(H,15,16,17). The van der Waals surface area contributed by atoms with Crippen LogP contribution in [0.4, 0.5) is 5.82 Å². The number of thiophene rings is 1. The second kappa shape index (κ2) is 5.04. The maximum atomic E-state index is 5.58. The van der Waals surface area contributed by atoms with Crippen molar-refractivity contribution in [2.24, 2.45) is 5.84 Å². The lowest BCUT2D eigenvalue weighted by molar-refractivity contribution is 0.832. The number of anilines is 1. The normalized spacial score (nSPS) is 11.0. The molecule has 5 heteroatoms. The van der Waals surface area contributed by atoms with Crippen LogP contribution in [0, 0.1) is 13.8 Å². The molecule has 0 bridgehead atoms. The topological polar surface area (TPSA) is 63.8 Å². The van der Waals surface area contributed by atoms with Crippen molar-refractivity contribution in [2.45, 2.75) is 33.6 Å². The lowest BCUT2D eigenvalue weighted by atomic mass is 10.0. The average Bonchev–Trinajstić information content (AvgIpc) is 2.73. The van der Waals surface area contributed by atoms with Crippen molar-refractivity contribution in [1.82, 2.24) is 9.97 Å². The van der Waals surface area contributed by atoms with Gasteiger partial charge in [0.25, 0.3) is 0 Å². The van der Waals surface area contributed by atoms with Gasteiger partial charge >= 0.3 is 0 Å². The van der Waals surface area contributed by atoms with Gasteiger partial charge in [-0.15, -0.1) is 11.3 Å². The van der Waals surface area contributed by atoms with Crippen LogP contribution < -0.4 is 11.3 Å². The fourth-order valence-corrected chi connectivity index (χ4v) is 2.95. The molecule has 0 atom stereocenters. The molecule has 96 valence electrons. The Morgan fingerprint density at radius 3 is 2.50 bits per heavy atom. The molecular formula is C13H18N4S. The highest BCUT2D eigenvalue weighted by Gasteiger charge is 2.16. The molecule has 2 rings (SSSR count). The van der Waals surface area contributed by atoms with Crippen molar-refractivity contribution in [3.05, 3.63) is 28.3 Å². The number of nitrogens with zero attached hydrogens (tertiary/aromatic N) is 2. The van der Waals surface area contributed by atoms with Gasteiger partial charge in [0.2, 0.25) is 0 Å². The largest absolute Gasteiger partial charge is 0.308 e. The zero-order valence-corrected chi connectivity index (χ0v) is 11.9. The Labute approximate surface area is 111 Å². The number of aryl methyl sites for hydroxylation is 2. The summed E-state index contributed by atoms with van der Waals surface area (Å²) in [4.78, 5) is 10.3. The van der Waals surface area contributed by atoms with Crippen LogP contribution in [-0.2, 0) is 0 Å². The van der Waals surface area contributed by atoms with Crippen molar-refractivity contribution in [3.8, 4) is 10.7 Å². The van der Waals surface area contributed by atoms with E-state index in [1.807, 2.05) is 6.92 Å². The first-order chi connectivity index (χ1) is 8.54. The maximum absolute atomic E-state index is 5.58. The van der Waals surface area contributed by atoms with Gasteiger partial charge in [-0.3, -0.25) is 0 Å². The van der Waals surface area contributed by atoms with Crippen LogP contribution in [-0.4, -0.2) is 9.97 Å². The Hall–Kier alpha value is -1.46. The first-order valence-corrected chi connectivity index (χ1v) is 6.82. The highest BCUT2D eigenvalue weighted by atomic mass is 32.1. The fraction of sp³-hybridized carbons (Fsp3) is 0.385. The van der Waals surface area contributed by atoms with Crippen LogP contribution in [0.3, 0.4) is 0 Å². The smallest absolute Gasteiger partial charge is 0.172 e. The number of nitrogens with two attached hydrogens (primary N) is 1. The van der Waals surface area contributed by atoms with E-state index in [0.717, 1.165) is 27.8 Å². The molecule has 2 heterocycles. The van der Waals surface area contributed by atoms with E-state index in [1.54, 1.807) is 11.3 Å². The second-order valence-electron chi connectivity index (χ2n) is 4.63. The number of aromatic nitrogens is 2. The van der Waals surface area contributed by atoms with Crippen LogP contribution >= 0.6 is 11.3 Å². The molecule has 2 aromatic heterocycles. The molecule has 3 N–H and O–H groups in total. The Balaban J connectivity index is 2.60. The lowest BCUT2D eigenvalue weighted by Gasteiger charge is -2.15. The Kier molecular flexibility index (Phi) is 3.63. The van der Waals surface area contributed by atoms with Crippen molar-refractivity contribution < 1.29 is 0 Å². The monoisotopic (exact) mass is 262 g/mol. The summed E-state index contributed by atoms with van der Waals surface area (Å²) >= 11 is 1.65. The van der Waals surface area contributed by atoms with Gasteiger partial charge in [-0.05, 0) is 36.8 Å². The van der Waals surface area contributed by atoms with E-state index in [4.69, 9.17) is 5.84 Å². The van der Waals surface area contributed by atoms with Crippen molar-refractivity contribution in [1.29, 1.82) is 0 Å². The van der Waals surface area contributed by atoms with Gasteiger partial charge in [0, 0.05) is 11.3 Å². The molecule has 0 radical (unpaired) electrons. The van der Waals surface area contributed by atoms with E-state index in [2.05, 4.69) is 47.6 Å². The number of nitrogens with one attached hydrogen (secondary N) is 1. The molecule has 0 fully saturated rings. The summed E-state index contributed by atoms with van der Waals surface area (Å²) in [5.41, 5.74) is 5.95. The summed E-state index contributed by atoms with van der Waals surface area (Å²) in [6, 6.07) is 2.07. The summed E-state index contributed by atoms with van der Waals surface area (Å²) in [5, 5.41) is 2.05. The lowest BCUT2D eigenvalue weighted by Crippen LogP contribution is -2.14. The van der Waals surface area contributed by atoms with Gasteiger partial charge in [0.1, 0.15) is 5.82 Å². The first-order valence-electron chi connectivity index (χ1n) is 5.94. The summed E-state index contributed by atoms with van der Waals surface area (Å²) in [7, 11) is 0. The van der Waals surface area contributed by atoms with E-state index in [9.17, 15) is 0 Å². The van der Waals surface area contributed by atoms with Crippen LogP contribution in [0.25, 0.3) is 10.7 Å². The van der Waals surface area contributed by atoms with Gasteiger partial charge in [-0.2, -0.15) is 0 Å². The van der Waals surface area contributed by atoms with Crippen molar-refractivity contribution >= 4 is 17.2 Å². The zero-order valence-electron chi connectivity index (χ0n) is 11.1. The third-order valence-corrected chi connectivity index (χ3v) is 3.93. The first kappa shape index (κ1) is 13.0. The second-order valence-corrected chi connectivity index (χ2v) is 5.54. The van der Waals surface area contributed by atoms with Gasteiger partial charge in [-0.1, -0.05) is 13.8 Å². The predicted octanol–water partition coefficient (Wildman–Crippen LogP) is 3.23. The maximum Gasteiger partial charge on any atom is 0.172 e. The van der Waals surface area contributed by atoms with Gasteiger partial charge in [0.05, 0.1) is 4.88 Å². The third kappa shape index (κ3) is 2.23. The third-order valence-electron chi connectivity index (χ3n) is 2.92. The van der Waals surface area contributed by atoms with Crippen molar-refractivity contribution in [2.75, 3.05) is 5.43 Å². The number of hydrogen-bond acceptors (Lipinski definition) is 5. The molecule has 0 spiro atoms. The zero-order chi connectivity index (χ0) is 13.3. The SMILES string of the molecule is Cc1ccsc1-c1nc(C)c(C(C)C)c(NN)n1. The molecule has 0 saturated carbocycles. The van der Waals surface area contributed by atoms with Crippen LogP contribution in [0.2, 0.25) is 0 Å². The Morgan fingerprint density at radius 1 is 1.28 bits per heavy atom. The molecule has 0 unspecified atom stereocenters. The van der Waals surface area contributed by atoms with E-state index < -0.39 is 0 Å². The van der Waals surface area contributed by atoms with Gasteiger partial charge in [0.15, 0.2) is 5.82 Å². The minimum absolute atomic E-state index is 0.342. The molecule has 4 nitrogen and oxygen atoms in total. The summed E-state index contributed by atoms with van der Waals surface area (Å²) in [6.07, 6.45) is 0. The van der Waals surface area contributed by atoms with E-state index in [0.29, 0.717) is 5.92 Å². The number of rotatable bonds is 3. The molecule has 0 aromatic carbocycles. The Bertz CT molecular complexity index is 560. The fourth-order valence-electron chi connectivity index (χ4n) is 2.09. The number of hydrogen-bond donors (Lipinski definition) is 2. The Morgan fingerprint density at radius 2 is 2.00 bits per heavy atom. The predicted molar refractivity (Wildman–Crippen MR) is 76.7 cm³/mol. The van der Waals surface area contributed by atoms with E-state index >= 15 is 0 Å². The highest BCUT2D eigenvalue weighted by Crippen LogP contribution is 2.31. The van der Waals surface area contributed by atoms with Crippen LogP contribution in [0.1, 0.15) is 36.6 Å². The molecule has 0 aliphatic rings. The number of nitrogen functional groups attached to an aromatic ring is 1. The van der Waals surface area contributed by atoms with Crippen molar-refractivity contribution in [3.63, 3.8) is 0 Å². The minimum atomic E-state index is 0.342. The molecule has 18 heavy (non-hydrogen) atoms. The quantitative estimate of drug-likeness (QED) is 0.658. The van der Waals surface area contributed by atoms with E-state index in [1.165, 1.54) is 5.56 Å². The molecule has 0 amide bonds. The summed E-state index contributed by atoms with van der Waals surface area (Å²) in [6.45, 7) is 8.30. The highest BCUT2D eigenvalue weighted by molar-refractivity contribution is 7.13. The summed E-state index contributed by atoms with van der Waals surface area (Å²) in [5.74, 6) is 7.39. The van der Waals surface area contributed by atoms with Crippen LogP contribution in [0.15, 0.2) is 11.4 Å².